The van der Waals surface area contributed by atoms with Gasteiger partial charge in [-0.15, -0.1) is 11.8 Å². The summed E-state index contributed by atoms with van der Waals surface area (Å²) in [7, 11) is 1.74. The van der Waals surface area contributed by atoms with Gasteiger partial charge in [0.2, 0.25) is 5.43 Å². The molecule has 0 atom stereocenters. The largest absolute Gasteiger partial charge is 0.417 e. The second-order valence-electron chi connectivity index (χ2n) is 5.07. The molecule has 0 amide bonds. The number of aryl methyl sites for hydroxylation is 1. The van der Waals surface area contributed by atoms with Crippen LogP contribution in [0.25, 0.3) is 11.1 Å². The van der Waals surface area contributed by atoms with Crippen molar-refractivity contribution in [2.45, 2.75) is 24.4 Å². The van der Waals surface area contributed by atoms with Gasteiger partial charge in [-0.1, -0.05) is 24.6 Å². The Morgan fingerprint density at radius 2 is 1.96 bits per heavy atom. The number of halogens is 4. The molecule has 124 valence electrons. The lowest BCUT2D eigenvalue weighted by Gasteiger charge is -2.12. The van der Waals surface area contributed by atoms with Crippen LogP contribution >= 0.6 is 23.4 Å². The third kappa shape index (κ3) is 4.12. The molecule has 2 aromatic rings. The zero-order chi connectivity index (χ0) is 17.2. The van der Waals surface area contributed by atoms with E-state index in [-0.39, 0.29) is 21.6 Å². The molecule has 23 heavy (non-hydrogen) atoms. The molecule has 7 heteroatoms. The third-order valence-corrected chi connectivity index (χ3v) is 4.71. The highest BCUT2D eigenvalue weighted by Gasteiger charge is 2.33. The van der Waals surface area contributed by atoms with Gasteiger partial charge in [0.15, 0.2) is 0 Å². The Kier molecular flexibility index (Phi) is 5.47. The smallest absolute Gasteiger partial charge is 0.355 e. The van der Waals surface area contributed by atoms with E-state index in [2.05, 4.69) is 0 Å². The summed E-state index contributed by atoms with van der Waals surface area (Å²) in [5.41, 5.74) is -0.764. The highest BCUT2D eigenvalue weighted by Crippen LogP contribution is 2.36. The van der Waals surface area contributed by atoms with Crippen molar-refractivity contribution in [3.05, 3.63) is 51.4 Å². The number of nitrogens with zero attached hydrogens (tertiary/aromatic N) is 1. The summed E-state index contributed by atoms with van der Waals surface area (Å²) in [4.78, 5) is 13.0. The Bertz CT molecular complexity index is 771. The van der Waals surface area contributed by atoms with Crippen molar-refractivity contribution in [3.63, 3.8) is 0 Å². The Morgan fingerprint density at radius 1 is 1.26 bits per heavy atom. The molecule has 0 aliphatic carbocycles. The number of aromatic nitrogens is 1. The number of hydrogen-bond donors (Lipinski definition) is 0. The number of thioether (sulfide) groups is 1. The van der Waals surface area contributed by atoms with Crippen LogP contribution in [0.5, 0.6) is 0 Å². The molecule has 0 unspecified atom stereocenters. The normalized spacial score (nSPS) is 11.7. The van der Waals surface area contributed by atoms with E-state index in [0.29, 0.717) is 4.90 Å². The molecule has 2 nitrogen and oxygen atoms in total. The highest BCUT2D eigenvalue weighted by molar-refractivity contribution is 7.99. The minimum absolute atomic E-state index is 0.210. The fourth-order valence-electron chi connectivity index (χ4n) is 2.11. The number of hydrogen-bond acceptors (Lipinski definition) is 2. The van der Waals surface area contributed by atoms with Crippen LogP contribution in [-0.4, -0.2) is 10.3 Å². The molecule has 0 N–H and O–H groups in total. The molecular weight excluding hydrogens is 347 g/mol. The predicted octanol–water partition coefficient (Wildman–Crippen LogP) is 5.23. The van der Waals surface area contributed by atoms with Crippen LogP contribution in [0.1, 0.15) is 18.9 Å². The van der Waals surface area contributed by atoms with Gasteiger partial charge >= 0.3 is 6.18 Å². The Balaban J connectivity index is 2.59. The van der Waals surface area contributed by atoms with Crippen molar-refractivity contribution in [3.8, 4) is 11.1 Å². The van der Waals surface area contributed by atoms with Gasteiger partial charge in [0.25, 0.3) is 0 Å². The summed E-state index contributed by atoms with van der Waals surface area (Å²) in [6, 6.07) is 3.53. The molecule has 0 saturated carbocycles. The molecule has 0 radical (unpaired) electrons. The van der Waals surface area contributed by atoms with Gasteiger partial charge in [0.1, 0.15) is 0 Å². The van der Waals surface area contributed by atoms with Crippen molar-refractivity contribution in [1.29, 1.82) is 0 Å². The summed E-state index contributed by atoms with van der Waals surface area (Å²) in [5, 5.41) is -0.380. The summed E-state index contributed by atoms with van der Waals surface area (Å²) in [6.45, 7) is 2.00. The fraction of sp³-hybridized carbons (Fsp3) is 0.312. The number of pyridine rings is 1. The molecule has 0 aliphatic rings. The first-order valence-electron chi connectivity index (χ1n) is 6.94. The topological polar surface area (TPSA) is 22.0 Å². The number of alkyl halides is 3. The molecule has 1 aromatic carbocycles. The van der Waals surface area contributed by atoms with Gasteiger partial charge < -0.3 is 4.57 Å². The lowest BCUT2D eigenvalue weighted by Crippen LogP contribution is -2.12. The van der Waals surface area contributed by atoms with E-state index < -0.39 is 11.7 Å². The zero-order valence-electron chi connectivity index (χ0n) is 12.6. The summed E-state index contributed by atoms with van der Waals surface area (Å²) >= 11 is 7.03. The van der Waals surface area contributed by atoms with E-state index in [0.717, 1.165) is 18.2 Å². The van der Waals surface area contributed by atoms with Crippen LogP contribution in [0.4, 0.5) is 13.2 Å². The standard InChI is InChI=1S/C16H15ClF3NOS/c1-3-6-23-14-9-21(2)8-11(15(14)22)10-4-5-13(17)12(7-10)16(18,19)20/h4-5,7-9H,3,6H2,1-2H3. The van der Waals surface area contributed by atoms with E-state index >= 15 is 0 Å². The SMILES string of the molecule is CCCSc1cn(C)cc(-c2ccc(Cl)c(C(F)(F)F)c2)c1=O. The highest BCUT2D eigenvalue weighted by atomic mass is 35.5. The fourth-order valence-corrected chi connectivity index (χ4v) is 3.24. The molecule has 2 rings (SSSR count). The predicted molar refractivity (Wildman–Crippen MR) is 88.1 cm³/mol. The van der Waals surface area contributed by atoms with Crippen LogP contribution in [0.3, 0.4) is 0 Å². The number of benzene rings is 1. The lowest BCUT2D eigenvalue weighted by molar-refractivity contribution is -0.137. The van der Waals surface area contributed by atoms with Crippen LogP contribution in [0.15, 0.2) is 40.3 Å². The summed E-state index contributed by atoms with van der Waals surface area (Å²) < 4.78 is 40.7. The van der Waals surface area contributed by atoms with Gasteiger partial charge in [-0.05, 0) is 29.9 Å². The van der Waals surface area contributed by atoms with Crippen LogP contribution in [0, 0.1) is 0 Å². The maximum Gasteiger partial charge on any atom is 0.417 e. The van der Waals surface area contributed by atoms with Crippen molar-refractivity contribution in [1.82, 2.24) is 4.57 Å². The van der Waals surface area contributed by atoms with Crippen molar-refractivity contribution in [2.75, 3.05) is 5.75 Å². The van der Waals surface area contributed by atoms with E-state index in [1.54, 1.807) is 17.8 Å². The molecular formula is C16H15ClF3NOS. The van der Waals surface area contributed by atoms with E-state index in [1.807, 2.05) is 6.92 Å². The van der Waals surface area contributed by atoms with Crippen LogP contribution in [-0.2, 0) is 13.2 Å². The average molecular weight is 362 g/mol. The van der Waals surface area contributed by atoms with Gasteiger partial charge in [-0.25, -0.2) is 0 Å². The Labute approximate surface area is 141 Å². The third-order valence-electron chi connectivity index (χ3n) is 3.17. The molecule has 0 spiro atoms. The van der Waals surface area contributed by atoms with E-state index in [4.69, 9.17) is 11.6 Å². The van der Waals surface area contributed by atoms with Crippen molar-refractivity contribution < 1.29 is 13.2 Å². The van der Waals surface area contributed by atoms with Gasteiger partial charge in [0.05, 0.1) is 15.5 Å². The first-order valence-corrected chi connectivity index (χ1v) is 8.30. The monoisotopic (exact) mass is 361 g/mol. The van der Waals surface area contributed by atoms with Gasteiger partial charge in [-0.2, -0.15) is 13.2 Å². The number of rotatable bonds is 4. The molecule has 0 aliphatic heterocycles. The minimum Gasteiger partial charge on any atom is -0.355 e. The maximum absolute atomic E-state index is 13.0. The quantitative estimate of drug-likeness (QED) is 0.696. The van der Waals surface area contributed by atoms with Crippen LogP contribution < -0.4 is 5.43 Å². The lowest BCUT2D eigenvalue weighted by atomic mass is 10.0. The first-order chi connectivity index (χ1) is 10.7. The molecule has 0 bridgehead atoms. The van der Waals surface area contributed by atoms with Gasteiger partial charge in [-0.3, -0.25) is 4.79 Å². The van der Waals surface area contributed by atoms with E-state index in [1.165, 1.54) is 30.1 Å². The first kappa shape index (κ1) is 17.9. The summed E-state index contributed by atoms with van der Waals surface area (Å²) in [5.74, 6) is 0.771. The van der Waals surface area contributed by atoms with E-state index in [9.17, 15) is 18.0 Å². The molecule has 0 saturated heterocycles. The molecule has 1 aromatic heterocycles. The molecule has 1 heterocycles. The molecule has 0 fully saturated rings. The second kappa shape index (κ2) is 7.01. The zero-order valence-corrected chi connectivity index (χ0v) is 14.1. The second-order valence-corrected chi connectivity index (χ2v) is 6.62. The minimum atomic E-state index is -4.56. The summed E-state index contributed by atoms with van der Waals surface area (Å²) in [6.07, 6.45) is -0.446. The average Bonchev–Trinajstić information content (AvgIpc) is 2.47. The Hall–Kier alpha value is -1.40. The van der Waals surface area contributed by atoms with Crippen molar-refractivity contribution in [2.24, 2.45) is 7.05 Å². The Morgan fingerprint density at radius 3 is 2.57 bits per heavy atom. The van der Waals surface area contributed by atoms with Gasteiger partial charge in [0, 0.05) is 25.0 Å². The van der Waals surface area contributed by atoms with Crippen LogP contribution in [0.2, 0.25) is 5.02 Å². The maximum atomic E-state index is 13.0. The van der Waals surface area contributed by atoms with Crippen molar-refractivity contribution >= 4 is 23.4 Å².